The Morgan fingerprint density at radius 1 is 1.57 bits per heavy atom. The van der Waals surface area contributed by atoms with E-state index < -0.39 is 17.2 Å². The molecule has 0 radical (unpaired) electrons. The molecule has 1 aromatic heterocycles. The molecule has 5 nitrogen and oxygen atoms in total. The number of hydrogen-bond acceptors (Lipinski definition) is 6. The molecule has 1 saturated carbocycles. The topological polar surface area (TPSA) is 51.7 Å². The van der Waals surface area contributed by atoms with Gasteiger partial charge in [0.05, 0.1) is 25.4 Å². The molecule has 1 aliphatic carbocycles. The molecule has 1 aromatic rings. The Balaban J connectivity index is 1.96. The number of ether oxygens (including phenoxy) is 2. The third-order valence-electron chi connectivity index (χ3n) is 3.35. The van der Waals surface area contributed by atoms with Crippen molar-refractivity contribution >= 4 is 22.3 Å². The van der Waals surface area contributed by atoms with Crippen LogP contribution in [0.3, 0.4) is 0 Å². The zero-order valence-corrected chi connectivity index (χ0v) is 12.0. The number of morpholine rings is 1. The molecule has 0 amide bonds. The maximum atomic E-state index is 12.9. The number of carbonyl (C=O) groups is 1. The van der Waals surface area contributed by atoms with Crippen molar-refractivity contribution in [1.82, 2.24) is 4.98 Å². The lowest BCUT2D eigenvalue weighted by Gasteiger charge is -2.27. The maximum absolute atomic E-state index is 12.9. The lowest BCUT2D eigenvalue weighted by atomic mass is 10.3. The molecule has 0 spiro atoms. The molecular formula is C12H13F3N2O3S. The Labute approximate surface area is 122 Å². The first-order chi connectivity index (χ1) is 9.91. The van der Waals surface area contributed by atoms with E-state index in [0.717, 1.165) is 6.42 Å². The summed E-state index contributed by atoms with van der Waals surface area (Å²) >= 11 is 0.491. The number of carbonyl (C=O) groups excluding carboxylic acids is 1. The zero-order chi connectivity index (χ0) is 15.2. The highest BCUT2D eigenvalue weighted by Crippen LogP contribution is 2.44. The van der Waals surface area contributed by atoms with E-state index in [0.29, 0.717) is 24.5 Å². The van der Waals surface area contributed by atoms with E-state index in [1.807, 2.05) is 0 Å². The van der Waals surface area contributed by atoms with Crippen molar-refractivity contribution in [2.24, 2.45) is 0 Å². The summed E-state index contributed by atoms with van der Waals surface area (Å²) in [7, 11) is 0. The maximum Gasteiger partial charge on any atom is 0.443 e. The standard InChI is InChI=1S/C12H13F3N2O3S/c1-2-19-10(18)8-9(21-11(16-8)12(13,14)15)17-3-4-20-7-5-6(7)17/h6-7H,2-5H2,1H3/t6-,7+/m1/s1. The SMILES string of the molecule is CCOC(=O)c1nc(C(F)(F)F)sc1N1CCO[C@H]2C[C@H]21. The molecule has 2 aliphatic rings. The van der Waals surface area contributed by atoms with E-state index in [4.69, 9.17) is 9.47 Å². The quantitative estimate of drug-likeness (QED) is 0.800. The number of rotatable bonds is 3. The van der Waals surface area contributed by atoms with Gasteiger partial charge in [0.1, 0.15) is 5.00 Å². The number of anilines is 1. The summed E-state index contributed by atoms with van der Waals surface area (Å²) in [4.78, 5) is 17.1. The molecule has 21 heavy (non-hydrogen) atoms. The van der Waals surface area contributed by atoms with Gasteiger partial charge in [-0.3, -0.25) is 0 Å². The smallest absolute Gasteiger partial charge is 0.443 e. The van der Waals surface area contributed by atoms with Gasteiger partial charge in [0.15, 0.2) is 5.69 Å². The average Bonchev–Trinajstić information content (AvgIpc) is 3.06. The number of esters is 1. The summed E-state index contributed by atoms with van der Waals surface area (Å²) < 4.78 is 48.8. The molecule has 2 atom stereocenters. The predicted octanol–water partition coefficient (Wildman–Crippen LogP) is 2.32. The normalized spacial score (nSPS) is 24.7. The largest absolute Gasteiger partial charge is 0.461 e. The van der Waals surface area contributed by atoms with Gasteiger partial charge >= 0.3 is 12.1 Å². The summed E-state index contributed by atoms with van der Waals surface area (Å²) in [5.74, 6) is -0.817. The lowest BCUT2D eigenvalue weighted by molar-refractivity contribution is -0.137. The van der Waals surface area contributed by atoms with Crippen LogP contribution < -0.4 is 4.90 Å². The van der Waals surface area contributed by atoms with E-state index in [2.05, 4.69) is 4.98 Å². The number of hydrogen-bond donors (Lipinski definition) is 0. The van der Waals surface area contributed by atoms with E-state index in [1.54, 1.807) is 11.8 Å². The van der Waals surface area contributed by atoms with Crippen molar-refractivity contribution in [2.75, 3.05) is 24.7 Å². The molecule has 9 heteroatoms. The van der Waals surface area contributed by atoms with Crippen LogP contribution >= 0.6 is 11.3 Å². The molecule has 1 saturated heterocycles. The van der Waals surface area contributed by atoms with Gasteiger partial charge in [0.25, 0.3) is 0 Å². The van der Waals surface area contributed by atoms with E-state index in [9.17, 15) is 18.0 Å². The van der Waals surface area contributed by atoms with E-state index in [1.165, 1.54) is 0 Å². The molecule has 0 aromatic carbocycles. The second kappa shape index (κ2) is 5.13. The van der Waals surface area contributed by atoms with Crippen molar-refractivity contribution in [3.63, 3.8) is 0 Å². The monoisotopic (exact) mass is 322 g/mol. The molecule has 116 valence electrons. The van der Waals surface area contributed by atoms with Gasteiger partial charge in [-0.15, -0.1) is 0 Å². The highest BCUT2D eigenvalue weighted by Gasteiger charge is 2.48. The van der Waals surface area contributed by atoms with Crippen LogP contribution in [0.1, 0.15) is 28.8 Å². The van der Waals surface area contributed by atoms with Gasteiger partial charge in [-0.1, -0.05) is 11.3 Å². The fourth-order valence-electron chi connectivity index (χ4n) is 2.35. The molecule has 2 fully saturated rings. The summed E-state index contributed by atoms with van der Waals surface area (Å²) in [6, 6.07) is 0.0356. The minimum absolute atomic E-state index is 0.0356. The summed E-state index contributed by atoms with van der Waals surface area (Å²) in [6.07, 6.45) is -3.76. The van der Waals surface area contributed by atoms with Crippen molar-refractivity contribution < 1.29 is 27.4 Å². The highest BCUT2D eigenvalue weighted by molar-refractivity contribution is 7.16. The van der Waals surface area contributed by atoms with Gasteiger partial charge in [0, 0.05) is 6.54 Å². The summed E-state index contributed by atoms with van der Waals surface area (Å²) in [6.45, 7) is 2.57. The first-order valence-corrected chi connectivity index (χ1v) is 7.37. The van der Waals surface area contributed by atoms with E-state index in [-0.39, 0.29) is 29.4 Å². The molecule has 0 N–H and O–H groups in total. The molecule has 1 aliphatic heterocycles. The zero-order valence-electron chi connectivity index (χ0n) is 11.1. The minimum Gasteiger partial charge on any atom is -0.461 e. The van der Waals surface area contributed by atoms with Crippen LogP contribution in [0.4, 0.5) is 18.2 Å². The van der Waals surface area contributed by atoms with Gasteiger partial charge in [-0.25, -0.2) is 9.78 Å². The van der Waals surface area contributed by atoms with Gasteiger partial charge < -0.3 is 14.4 Å². The summed E-state index contributed by atoms with van der Waals surface area (Å²) in [5.41, 5.74) is -0.248. The number of thiazole rings is 1. The number of fused-ring (bicyclic) bond motifs is 1. The number of aromatic nitrogens is 1. The lowest BCUT2D eigenvalue weighted by Crippen LogP contribution is -2.37. The Kier molecular flexibility index (Phi) is 3.56. The number of nitrogens with zero attached hydrogens (tertiary/aromatic N) is 2. The molecule has 0 unspecified atom stereocenters. The van der Waals surface area contributed by atoms with Crippen molar-refractivity contribution in [2.45, 2.75) is 31.7 Å². The molecule has 0 bridgehead atoms. The van der Waals surface area contributed by atoms with Crippen LogP contribution in [0.15, 0.2) is 0 Å². The predicted molar refractivity (Wildman–Crippen MR) is 68.6 cm³/mol. The number of halogens is 3. The van der Waals surface area contributed by atoms with Gasteiger partial charge in [-0.2, -0.15) is 13.2 Å². The minimum atomic E-state index is -4.57. The first kappa shape index (κ1) is 14.6. The van der Waals surface area contributed by atoms with E-state index >= 15 is 0 Å². The van der Waals surface area contributed by atoms with Gasteiger partial charge in [0.2, 0.25) is 5.01 Å². The van der Waals surface area contributed by atoms with Crippen LogP contribution in [-0.4, -0.2) is 42.9 Å². The fraction of sp³-hybridized carbons (Fsp3) is 0.667. The first-order valence-electron chi connectivity index (χ1n) is 6.55. The Hall–Kier alpha value is -1.35. The second-order valence-corrected chi connectivity index (χ2v) is 5.77. The third-order valence-corrected chi connectivity index (χ3v) is 4.48. The summed E-state index contributed by atoms with van der Waals surface area (Å²) in [5, 5.41) is -0.791. The number of alkyl halides is 3. The van der Waals surface area contributed by atoms with Crippen molar-refractivity contribution in [3.8, 4) is 0 Å². The molecular weight excluding hydrogens is 309 g/mol. The Morgan fingerprint density at radius 3 is 3.00 bits per heavy atom. The Morgan fingerprint density at radius 2 is 2.33 bits per heavy atom. The van der Waals surface area contributed by atoms with Crippen LogP contribution in [0.5, 0.6) is 0 Å². The Bertz CT molecular complexity index is 560. The second-order valence-electron chi connectivity index (χ2n) is 4.80. The van der Waals surface area contributed by atoms with Crippen LogP contribution in [-0.2, 0) is 15.7 Å². The van der Waals surface area contributed by atoms with Crippen molar-refractivity contribution in [1.29, 1.82) is 0 Å². The van der Waals surface area contributed by atoms with Gasteiger partial charge in [-0.05, 0) is 13.3 Å². The van der Waals surface area contributed by atoms with Crippen LogP contribution in [0, 0.1) is 0 Å². The molecule has 3 rings (SSSR count). The third kappa shape index (κ3) is 2.71. The molecule has 2 heterocycles. The van der Waals surface area contributed by atoms with Crippen molar-refractivity contribution in [3.05, 3.63) is 10.7 Å². The van der Waals surface area contributed by atoms with Crippen LogP contribution in [0.2, 0.25) is 0 Å². The average molecular weight is 322 g/mol. The van der Waals surface area contributed by atoms with Crippen LogP contribution in [0.25, 0.3) is 0 Å². The fourth-order valence-corrected chi connectivity index (χ4v) is 3.35. The highest BCUT2D eigenvalue weighted by atomic mass is 32.1.